The molecule has 22 heavy (non-hydrogen) atoms. The van der Waals surface area contributed by atoms with Gasteiger partial charge >= 0.3 is 0 Å². The Bertz CT molecular complexity index is 691. The third-order valence-electron chi connectivity index (χ3n) is 4.26. The Kier molecular flexibility index (Phi) is 5.00. The van der Waals surface area contributed by atoms with Crippen LogP contribution < -0.4 is 0 Å². The maximum Gasteiger partial charge on any atom is 0.142 e. The van der Waals surface area contributed by atoms with Gasteiger partial charge in [0.1, 0.15) is 20.5 Å². The zero-order chi connectivity index (χ0) is 15.7. The third kappa shape index (κ3) is 3.01. The third-order valence-corrected chi connectivity index (χ3v) is 6.87. The van der Waals surface area contributed by atoms with Crippen LogP contribution in [0.2, 0.25) is 0 Å². The Morgan fingerprint density at radius 3 is 2.91 bits per heavy atom. The molecule has 1 aliphatic carbocycles. The largest absolute Gasteiger partial charge is 0.358 e. The second-order valence-corrected chi connectivity index (χ2v) is 8.46. The highest BCUT2D eigenvalue weighted by molar-refractivity contribution is 8.23. The van der Waals surface area contributed by atoms with Crippen LogP contribution in [0.4, 0.5) is 0 Å². The summed E-state index contributed by atoms with van der Waals surface area (Å²) in [7, 11) is 0. The molecule has 0 aromatic carbocycles. The number of thiocarbonyl (C=S) groups is 1. The van der Waals surface area contributed by atoms with Gasteiger partial charge in [-0.2, -0.15) is 0 Å². The molecule has 6 heteroatoms. The molecular formula is C16H21N3S3. The smallest absolute Gasteiger partial charge is 0.142 e. The molecule has 2 aromatic rings. The van der Waals surface area contributed by atoms with E-state index in [-0.39, 0.29) is 0 Å². The van der Waals surface area contributed by atoms with Crippen LogP contribution >= 0.6 is 35.3 Å². The number of hydrogen-bond donors (Lipinski definition) is 0. The van der Waals surface area contributed by atoms with Crippen LogP contribution in [-0.2, 0) is 12.8 Å². The van der Waals surface area contributed by atoms with Crippen molar-refractivity contribution in [2.45, 2.75) is 45.1 Å². The second kappa shape index (κ2) is 6.81. The number of thiophene rings is 1. The van der Waals surface area contributed by atoms with E-state index in [9.17, 15) is 0 Å². The molecule has 0 amide bonds. The van der Waals surface area contributed by atoms with Crippen molar-refractivity contribution in [3.8, 4) is 0 Å². The maximum atomic E-state index is 5.60. The van der Waals surface area contributed by atoms with Gasteiger partial charge in [0.25, 0.3) is 0 Å². The minimum atomic E-state index is 0.779. The number of hydrogen-bond acceptors (Lipinski definition) is 5. The molecule has 0 N–H and O–H groups in total. The highest BCUT2D eigenvalue weighted by Crippen LogP contribution is 2.40. The number of thioether (sulfide) groups is 1. The fraction of sp³-hybridized carbons (Fsp3) is 0.562. The molecule has 2 heterocycles. The summed E-state index contributed by atoms with van der Waals surface area (Å²) in [6, 6.07) is 0. The van der Waals surface area contributed by atoms with Crippen molar-refractivity contribution in [2.75, 3.05) is 13.1 Å². The summed E-state index contributed by atoms with van der Waals surface area (Å²) in [5.41, 5.74) is 1.48. The Hall–Kier alpha value is -0.720. The molecule has 2 aromatic heterocycles. The molecule has 3 nitrogen and oxygen atoms in total. The van der Waals surface area contributed by atoms with Crippen LogP contribution in [0, 0.1) is 5.92 Å². The first-order chi connectivity index (χ1) is 10.6. The minimum absolute atomic E-state index is 0.779. The minimum Gasteiger partial charge on any atom is -0.358 e. The van der Waals surface area contributed by atoms with Crippen molar-refractivity contribution < 1.29 is 0 Å². The first-order valence-corrected chi connectivity index (χ1v) is 9.90. The van der Waals surface area contributed by atoms with Crippen LogP contribution in [0.1, 0.15) is 37.6 Å². The average Bonchev–Trinajstić information content (AvgIpc) is 2.86. The van der Waals surface area contributed by atoms with Gasteiger partial charge in [0.15, 0.2) is 0 Å². The highest BCUT2D eigenvalue weighted by atomic mass is 32.2. The molecule has 0 spiro atoms. The monoisotopic (exact) mass is 351 g/mol. The van der Waals surface area contributed by atoms with Crippen molar-refractivity contribution in [1.29, 1.82) is 0 Å². The van der Waals surface area contributed by atoms with E-state index >= 15 is 0 Å². The van der Waals surface area contributed by atoms with Crippen molar-refractivity contribution in [3.05, 3.63) is 16.8 Å². The summed E-state index contributed by atoms with van der Waals surface area (Å²) in [4.78, 5) is 13.9. The Labute approximate surface area is 145 Å². The summed E-state index contributed by atoms with van der Waals surface area (Å²) in [5, 5.41) is 2.29. The van der Waals surface area contributed by atoms with E-state index < -0.39 is 0 Å². The molecule has 0 saturated heterocycles. The normalized spacial score (nSPS) is 17.5. The Morgan fingerprint density at radius 1 is 1.41 bits per heavy atom. The molecule has 3 rings (SSSR count). The summed E-state index contributed by atoms with van der Waals surface area (Å²) >= 11 is 9.06. The first kappa shape index (κ1) is 16.1. The van der Waals surface area contributed by atoms with Crippen molar-refractivity contribution in [1.82, 2.24) is 14.9 Å². The Morgan fingerprint density at radius 2 is 2.18 bits per heavy atom. The van der Waals surface area contributed by atoms with Gasteiger partial charge < -0.3 is 4.90 Å². The lowest BCUT2D eigenvalue weighted by atomic mass is 9.89. The van der Waals surface area contributed by atoms with Crippen LogP contribution in [0.3, 0.4) is 0 Å². The van der Waals surface area contributed by atoms with Gasteiger partial charge in [0.2, 0.25) is 0 Å². The van der Waals surface area contributed by atoms with Crippen LogP contribution in [0.15, 0.2) is 11.4 Å². The van der Waals surface area contributed by atoms with Gasteiger partial charge in [-0.1, -0.05) is 19.1 Å². The van der Waals surface area contributed by atoms with E-state index in [0.29, 0.717) is 0 Å². The summed E-state index contributed by atoms with van der Waals surface area (Å²) in [5.74, 6) is 0.779. The van der Waals surface area contributed by atoms with Gasteiger partial charge in [0, 0.05) is 23.4 Å². The molecule has 1 atom stereocenters. The number of fused-ring (bicyclic) bond motifs is 3. The Balaban J connectivity index is 1.98. The highest BCUT2D eigenvalue weighted by Gasteiger charge is 2.24. The summed E-state index contributed by atoms with van der Waals surface area (Å²) in [6.07, 6.45) is 5.27. The molecule has 0 saturated carbocycles. The molecule has 1 aliphatic rings. The van der Waals surface area contributed by atoms with E-state index in [1.165, 1.54) is 28.7 Å². The lowest BCUT2D eigenvalue weighted by Gasteiger charge is -2.21. The van der Waals surface area contributed by atoms with E-state index in [1.54, 1.807) is 18.1 Å². The zero-order valence-corrected chi connectivity index (χ0v) is 15.7. The number of rotatable bonds is 3. The summed E-state index contributed by atoms with van der Waals surface area (Å²) < 4.78 is 0.911. The second-order valence-electron chi connectivity index (χ2n) is 5.75. The molecule has 0 radical (unpaired) electrons. The topological polar surface area (TPSA) is 29.0 Å². The molecule has 0 fully saturated rings. The standard InChI is InChI=1S/C16H21N3S3/c1-4-19(5-2)16(20)22-15-13-11-7-6-10(3)8-12(11)21-14(13)17-9-18-15/h9-10H,4-8H2,1-3H3. The van der Waals surface area contributed by atoms with Crippen molar-refractivity contribution in [2.24, 2.45) is 5.92 Å². The quantitative estimate of drug-likeness (QED) is 0.460. The van der Waals surface area contributed by atoms with E-state index in [1.807, 2.05) is 11.3 Å². The summed E-state index contributed by atoms with van der Waals surface area (Å²) in [6.45, 7) is 8.50. The van der Waals surface area contributed by atoms with Crippen molar-refractivity contribution >= 4 is 49.9 Å². The zero-order valence-electron chi connectivity index (χ0n) is 13.3. The molecule has 0 aliphatic heterocycles. The van der Waals surface area contributed by atoms with Crippen LogP contribution in [0.5, 0.6) is 0 Å². The van der Waals surface area contributed by atoms with Crippen LogP contribution in [-0.4, -0.2) is 32.3 Å². The number of aromatic nitrogens is 2. The molecular weight excluding hydrogens is 330 g/mol. The number of nitrogens with zero attached hydrogens (tertiary/aromatic N) is 3. The fourth-order valence-corrected chi connectivity index (χ4v) is 5.84. The van der Waals surface area contributed by atoms with Crippen LogP contribution in [0.25, 0.3) is 10.2 Å². The first-order valence-electron chi connectivity index (χ1n) is 7.86. The molecule has 1 unspecified atom stereocenters. The van der Waals surface area contributed by atoms with E-state index in [0.717, 1.165) is 39.6 Å². The van der Waals surface area contributed by atoms with Gasteiger partial charge in [-0.15, -0.1) is 11.3 Å². The lowest BCUT2D eigenvalue weighted by molar-refractivity contribution is 0.482. The van der Waals surface area contributed by atoms with E-state index in [2.05, 4.69) is 35.6 Å². The fourth-order valence-electron chi connectivity index (χ4n) is 2.95. The predicted octanol–water partition coefficient (Wildman–Crippen LogP) is 4.53. The van der Waals surface area contributed by atoms with Crippen molar-refractivity contribution in [3.63, 3.8) is 0 Å². The van der Waals surface area contributed by atoms with Gasteiger partial charge in [-0.25, -0.2) is 9.97 Å². The average molecular weight is 352 g/mol. The van der Waals surface area contributed by atoms with E-state index in [4.69, 9.17) is 12.2 Å². The predicted molar refractivity (Wildman–Crippen MR) is 100.0 cm³/mol. The maximum absolute atomic E-state index is 5.60. The SMILES string of the molecule is CCN(CC)C(=S)Sc1ncnc2sc3c(c12)CCC(C)C3. The molecule has 118 valence electrons. The molecule has 0 bridgehead atoms. The number of aryl methyl sites for hydroxylation is 1. The van der Waals surface area contributed by atoms with Gasteiger partial charge in [-0.3, -0.25) is 0 Å². The van der Waals surface area contributed by atoms with Gasteiger partial charge in [0.05, 0.1) is 0 Å². The van der Waals surface area contributed by atoms with Gasteiger partial charge in [-0.05, 0) is 56.4 Å². The lowest BCUT2D eigenvalue weighted by Crippen LogP contribution is -2.26.